The molecule has 0 saturated carbocycles. The smallest absolute Gasteiger partial charge is 0.236 e. The molecule has 5 heteroatoms. The van der Waals surface area contributed by atoms with Gasteiger partial charge in [-0.25, -0.2) is 0 Å². The number of carbonyl (C=O) groups excluding carboxylic acids is 1. The van der Waals surface area contributed by atoms with E-state index < -0.39 is 0 Å². The third kappa shape index (κ3) is 4.26. The van der Waals surface area contributed by atoms with Crippen molar-refractivity contribution in [3.8, 4) is 0 Å². The van der Waals surface area contributed by atoms with Gasteiger partial charge in [0.25, 0.3) is 0 Å². The fraction of sp³-hybridized carbons (Fsp3) is 0.917. The number of methoxy groups -OCH3 is 1. The molecule has 2 atom stereocenters. The van der Waals surface area contributed by atoms with Gasteiger partial charge >= 0.3 is 0 Å². The Hall–Kier alpha value is -0.650. The maximum absolute atomic E-state index is 11.7. The molecule has 1 aliphatic rings. The van der Waals surface area contributed by atoms with Crippen molar-refractivity contribution in [2.75, 3.05) is 33.4 Å². The average molecular weight is 244 g/mol. The van der Waals surface area contributed by atoms with E-state index in [9.17, 15) is 4.79 Å². The summed E-state index contributed by atoms with van der Waals surface area (Å²) in [6.45, 7) is 6.59. The molecule has 5 nitrogen and oxygen atoms in total. The minimum Gasteiger partial charge on any atom is -0.378 e. The topological polar surface area (TPSA) is 59.6 Å². The number of ether oxygens (including phenoxy) is 2. The highest BCUT2D eigenvalue weighted by Crippen LogP contribution is 2.21. The van der Waals surface area contributed by atoms with Gasteiger partial charge in [-0.2, -0.15) is 0 Å². The van der Waals surface area contributed by atoms with E-state index in [0.29, 0.717) is 13.2 Å². The molecule has 100 valence electrons. The Morgan fingerprint density at radius 1 is 1.59 bits per heavy atom. The average Bonchev–Trinajstić information content (AvgIpc) is 2.82. The maximum Gasteiger partial charge on any atom is 0.236 e. The molecule has 0 aromatic heterocycles. The van der Waals surface area contributed by atoms with Crippen LogP contribution in [0.1, 0.15) is 26.7 Å². The zero-order valence-corrected chi connectivity index (χ0v) is 11.0. The van der Waals surface area contributed by atoms with Crippen molar-refractivity contribution in [1.82, 2.24) is 10.6 Å². The first-order valence-electron chi connectivity index (χ1n) is 6.27. The number of carbonyl (C=O) groups is 1. The van der Waals surface area contributed by atoms with Gasteiger partial charge in [-0.05, 0) is 13.3 Å². The van der Waals surface area contributed by atoms with Gasteiger partial charge < -0.3 is 20.1 Å². The fourth-order valence-corrected chi connectivity index (χ4v) is 1.79. The van der Waals surface area contributed by atoms with Gasteiger partial charge in [0.15, 0.2) is 0 Å². The van der Waals surface area contributed by atoms with Crippen molar-refractivity contribution >= 4 is 5.91 Å². The second-order valence-corrected chi connectivity index (χ2v) is 4.58. The van der Waals surface area contributed by atoms with Gasteiger partial charge in [0.05, 0.1) is 12.6 Å². The number of rotatable bonds is 7. The fourth-order valence-electron chi connectivity index (χ4n) is 1.79. The largest absolute Gasteiger partial charge is 0.378 e. The van der Waals surface area contributed by atoms with Crippen LogP contribution in [0.4, 0.5) is 0 Å². The van der Waals surface area contributed by atoms with Crippen LogP contribution in [0.25, 0.3) is 0 Å². The minimum absolute atomic E-state index is 0.0389. The van der Waals surface area contributed by atoms with Gasteiger partial charge in [0.1, 0.15) is 5.60 Å². The summed E-state index contributed by atoms with van der Waals surface area (Å²) in [6.07, 6.45) is 1.83. The molecule has 0 bridgehead atoms. The Bertz CT molecular complexity index is 240. The number of hydrogen-bond donors (Lipinski definition) is 2. The van der Waals surface area contributed by atoms with Crippen molar-refractivity contribution in [3.63, 3.8) is 0 Å². The van der Waals surface area contributed by atoms with Gasteiger partial charge in [0.2, 0.25) is 5.91 Å². The summed E-state index contributed by atoms with van der Waals surface area (Å²) in [7, 11) is 1.69. The van der Waals surface area contributed by atoms with Crippen molar-refractivity contribution in [2.24, 2.45) is 0 Å². The van der Waals surface area contributed by atoms with Crippen LogP contribution < -0.4 is 10.6 Å². The van der Waals surface area contributed by atoms with Gasteiger partial charge in [-0.3, -0.25) is 4.79 Å². The summed E-state index contributed by atoms with van der Waals surface area (Å²) in [5, 5.41) is 6.07. The zero-order valence-electron chi connectivity index (χ0n) is 11.0. The van der Waals surface area contributed by atoms with Gasteiger partial charge in [0, 0.05) is 33.2 Å². The van der Waals surface area contributed by atoms with Crippen LogP contribution in [0.2, 0.25) is 0 Å². The molecule has 1 amide bonds. The van der Waals surface area contributed by atoms with Crippen molar-refractivity contribution < 1.29 is 14.3 Å². The highest BCUT2D eigenvalue weighted by Gasteiger charge is 2.35. The summed E-state index contributed by atoms with van der Waals surface area (Å²) in [6, 6.07) is -0.200. The first-order valence-corrected chi connectivity index (χ1v) is 6.27. The number of hydrogen-bond acceptors (Lipinski definition) is 4. The van der Waals surface area contributed by atoms with Gasteiger partial charge in [-0.15, -0.1) is 0 Å². The van der Waals surface area contributed by atoms with Crippen molar-refractivity contribution in [1.29, 1.82) is 0 Å². The molecular weight excluding hydrogens is 220 g/mol. The molecule has 0 aromatic carbocycles. The molecule has 0 spiro atoms. The van der Waals surface area contributed by atoms with E-state index in [1.54, 1.807) is 7.11 Å². The van der Waals surface area contributed by atoms with E-state index in [1.807, 2.05) is 13.8 Å². The Labute approximate surface area is 103 Å². The second-order valence-electron chi connectivity index (χ2n) is 4.58. The summed E-state index contributed by atoms with van der Waals surface area (Å²) < 4.78 is 10.8. The normalized spacial score (nSPS) is 25.8. The third-order valence-corrected chi connectivity index (χ3v) is 3.17. The zero-order chi connectivity index (χ0) is 12.7. The van der Waals surface area contributed by atoms with Crippen molar-refractivity contribution in [3.05, 3.63) is 0 Å². The number of nitrogens with one attached hydrogen (secondary N) is 2. The first-order chi connectivity index (χ1) is 8.13. The predicted octanol–water partition coefficient (Wildman–Crippen LogP) is 0.296. The van der Waals surface area contributed by atoms with Crippen LogP contribution in [-0.2, 0) is 14.3 Å². The van der Waals surface area contributed by atoms with Crippen molar-refractivity contribution in [2.45, 2.75) is 38.3 Å². The van der Waals surface area contributed by atoms with Crippen LogP contribution in [0, 0.1) is 0 Å². The Morgan fingerprint density at radius 3 is 2.88 bits per heavy atom. The molecular formula is C12H24N2O3. The molecule has 17 heavy (non-hydrogen) atoms. The molecule has 1 saturated heterocycles. The highest BCUT2D eigenvalue weighted by atomic mass is 16.5. The molecule has 2 N–H and O–H groups in total. The van der Waals surface area contributed by atoms with E-state index in [1.165, 1.54) is 0 Å². The van der Waals surface area contributed by atoms with E-state index >= 15 is 0 Å². The third-order valence-electron chi connectivity index (χ3n) is 3.17. The lowest BCUT2D eigenvalue weighted by atomic mass is 10.0. The highest BCUT2D eigenvalue weighted by molar-refractivity contribution is 5.81. The van der Waals surface area contributed by atoms with E-state index in [4.69, 9.17) is 9.47 Å². The minimum atomic E-state index is -0.265. The van der Waals surface area contributed by atoms with Crippen LogP contribution >= 0.6 is 0 Å². The molecule has 0 radical (unpaired) electrons. The Balaban J connectivity index is 2.31. The molecule has 1 heterocycles. The van der Waals surface area contributed by atoms with E-state index in [0.717, 1.165) is 26.0 Å². The SMILES string of the molecule is CCCNC(=O)C(C)NCC1(OC)CCOC1. The lowest BCUT2D eigenvalue weighted by molar-refractivity contribution is -0.123. The van der Waals surface area contributed by atoms with Crippen LogP contribution in [0.15, 0.2) is 0 Å². The summed E-state index contributed by atoms with van der Waals surface area (Å²) in [4.78, 5) is 11.7. The Morgan fingerprint density at radius 2 is 2.35 bits per heavy atom. The standard InChI is InChI=1S/C12H24N2O3/c1-4-6-13-11(15)10(2)14-8-12(16-3)5-7-17-9-12/h10,14H,4-9H2,1-3H3,(H,13,15). The molecule has 1 aliphatic heterocycles. The molecule has 0 aliphatic carbocycles. The second kappa shape index (κ2) is 6.93. The van der Waals surface area contributed by atoms with Crippen LogP contribution in [-0.4, -0.2) is 51.0 Å². The molecule has 0 aromatic rings. The monoisotopic (exact) mass is 244 g/mol. The summed E-state index contributed by atoms with van der Waals surface area (Å²) in [5.74, 6) is 0.0389. The predicted molar refractivity (Wildman–Crippen MR) is 65.9 cm³/mol. The van der Waals surface area contributed by atoms with Crippen LogP contribution in [0.5, 0.6) is 0 Å². The lowest BCUT2D eigenvalue weighted by Crippen LogP contribution is -2.50. The Kier molecular flexibility index (Phi) is 5.88. The molecule has 1 rings (SSSR count). The van der Waals surface area contributed by atoms with Crippen LogP contribution in [0.3, 0.4) is 0 Å². The molecule has 2 unspecified atom stereocenters. The van der Waals surface area contributed by atoms with E-state index in [-0.39, 0.29) is 17.6 Å². The lowest BCUT2D eigenvalue weighted by Gasteiger charge is -2.27. The summed E-state index contributed by atoms with van der Waals surface area (Å²) in [5.41, 5.74) is -0.265. The quantitative estimate of drug-likeness (QED) is 0.676. The first kappa shape index (κ1) is 14.4. The van der Waals surface area contributed by atoms with E-state index in [2.05, 4.69) is 10.6 Å². The molecule has 1 fully saturated rings. The summed E-state index contributed by atoms with van der Waals surface area (Å²) >= 11 is 0. The maximum atomic E-state index is 11.7. The van der Waals surface area contributed by atoms with Gasteiger partial charge in [-0.1, -0.05) is 6.92 Å². The number of amides is 1.